The van der Waals surface area contributed by atoms with Crippen LogP contribution in [0.2, 0.25) is 5.02 Å². The molecule has 16 heavy (non-hydrogen) atoms. The summed E-state index contributed by atoms with van der Waals surface area (Å²) in [4.78, 5) is 8.87. The van der Waals surface area contributed by atoms with Crippen molar-refractivity contribution < 1.29 is 0 Å². The van der Waals surface area contributed by atoms with Crippen LogP contribution in [0.25, 0.3) is 0 Å². The van der Waals surface area contributed by atoms with Gasteiger partial charge in [-0.25, -0.2) is 0 Å². The van der Waals surface area contributed by atoms with Gasteiger partial charge in [0.25, 0.3) is 0 Å². The summed E-state index contributed by atoms with van der Waals surface area (Å²) in [5.41, 5.74) is 1.15. The molecule has 4 heteroatoms. The van der Waals surface area contributed by atoms with E-state index in [1.54, 1.807) is 6.20 Å². The second kappa shape index (κ2) is 3.90. The molecule has 2 saturated heterocycles. The quantitative estimate of drug-likeness (QED) is 0.742. The number of halogens is 1. The Labute approximate surface area is 101 Å². The fourth-order valence-electron chi connectivity index (χ4n) is 3.05. The van der Waals surface area contributed by atoms with Gasteiger partial charge in [-0.1, -0.05) is 11.6 Å². The average molecular weight is 238 g/mol. The third-order valence-electron chi connectivity index (χ3n) is 3.76. The van der Waals surface area contributed by atoms with E-state index < -0.39 is 0 Å². The van der Waals surface area contributed by atoms with Crippen molar-refractivity contribution in [3.8, 4) is 0 Å². The molecular weight excluding hydrogens is 222 g/mol. The van der Waals surface area contributed by atoms with Crippen molar-refractivity contribution in [2.75, 3.05) is 38.1 Å². The maximum Gasteiger partial charge on any atom is 0.0822 e. The van der Waals surface area contributed by atoms with E-state index >= 15 is 0 Å². The standard InChI is InChI=1S/C12H16ClN3/c1-15-5-9-7-16(8-10(9)6-15)12-2-3-14-4-11(12)13/h2-4,9-10H,5-8H2,1H3. The molecule has 0 radical (unpaired) electrons. The number of nitrogens with zero attached hydrogens (tertiary/aromatic N) is 3. The fraction of sp³-hybridized carbons (Fsp3) is 0.583. The molecule has 0 amide bonds. The van der Waals surface area contributed by atoms with Gasteiger partial charge in [0.1, 0.15) is 0 Å². The molecule has 3 heterocycles. The predicted molar refractivity (Wildman–Crippen MR) is 65.9 cm³/mol. The largest absolute Gasteiger partial charge is 0.370 e. The second-order valence-corrected chi connectivity index (χ2v) is 5.38. The molecule has 2 atom stereocenters. The van der Waals surface area contributed by atoms with Gasteiger partial charge in [-0.2, -0.15) is 0 Å². The number of likely N-dealkylation sites (tertiary alicyclic amines) is 1. The highest BCUT2D eigenvalue weighted by atomic mass is 35.5. The van der Waals surface area contributed by atoms with Gasteiger partial charge >= 0.3 is 0 Å². The summed E-state index contributed by atoms with van der Waals surface area (Å²) in [5.74, 6) is 1.63. The summed E-state index contributed by atoms with van der Waals surface area (Å²) in [6, 6.07) is 2.02. The highest BCUT2D eigenvalue weighted by Crippen LogP contribution is 2.35. The Balaban J connectivity index is 1.78. The number of hydrogen-bond acceptors (Lipinski definition) is 3. The van der Waals surface area contributed by atoms with Crippen molar-refractivity contribution in [1.82, 2.24) is 9.88 Å². The molecule has 0 aromatic carbocycles. The first kappa shape index (κ1) is 10.4. The molecule has 2 aliphatic heterocycles. The summed E-state index contributed by atoms with van der Waals surface area (Å²) in [7, 11) is 2.21. The first-order valence-corrected chi connectivity index (χ1v) is 6.15. The number of hydrogen-bond donors (Lipinski definition) is 0. The zero-order chi connectivity index (χ0) is 11.1. The summed E-state index contributed by atoms with van der Waals surface area (Å²) in [6.07, 6.45) is 3.55. The molecule has 0 aliphatic carbocycles. The van der Waals surface area contributed by atoms with Crippen LogP contribution < -0.4 is 4.90 Å². The minimum Gasteiger partial charge on any atom is -0.370 e. The Bertz CT molecular complexity index is 382. The van der Waals surface area contributed by atoms with E-state index in [4.69, 9.17) is 11.6 Å². The van der Waals surface area contributed by atoms with Crippen LogP contribution in [0.1, 0.15) is 0 Å². The van der Waals surface area contributed by atoms with Crippen LogP contribution in [0.5, 0.6) is 0 Å². The Morgan fingerprint density at radius 2 is 1.94 bits per heavy atom. The average Bonchev–Trinajstić information content (AvgIpc) is 2.75. The van der Waals surface area contributed by atoms with Crippen molar-refractivity contribution in [3.63, 3.8) is 0 Å². The van der Waals surface area contributed by atoms with Gasteiger partial charge < -0.3 is 9.80 Å². The molecule has 0 saturated carbocycles. The summed E-state index contributed by atoms with van der Waals surface area (Å²) >= 11 is 6.18. The van der Waals surface area contributed by atoms with Crippen LogP contribution in [-0.4, -0.2) is 43.1 Å². The van der Waals surface area contributed by atoms with Gasteiger partial charge in [0, 0.05) is 38.6 Å². The lowest BCUT2D eigenvalue weighted by Gasteiger charge is -2.22. The van der Waals surface area contributed by atoms with Gasteiger partial charge in [0.15, 0.2) is 0 Å². The monoisotopic (exact) mass is 237 g/mol. The molecule has 2 fully saturated rings. The lowest BCUT2D eigenvalue weighted by molar-refractivity contribution is 0.387. The smallest absolute Gasteiger partial charge is 0.0822 e. The normalized spacial score (nSPS) is 29.8. The first-order chi connectivity index (χ1) is 7.74. The van der Waals surface area contributed by atoms with Gasteiger partial charge in [0.05, 0.1) is 10.7 Å². The molecule has 2 aliphatic rings. The molecular formula is C12H16ClN3. The van der Waals surface area contributed by atoms with E-state index in [9.17, 15) is 0 Å². The maximum absolute atomic E-state index is 6.18. The molecule has 3 nitrogen and oxygen atoms in total. The number of rotatable bonds is 1. The highest BCUT2D eigenvalue weighted by molar-refractivity contribution is 6.33. The van der Waals surface area contributed by atoms with Crippen LogP contribution in [0, 0.1) is 11.8 Å². The Morgan fingerprint density at radius 3 is 2.56 bits per heavy atom. The SMILES string of the molecule is CN1CC2CN(c3ccncc3Cl)CC2C1. The number of aromatic nitrogens is 1. The third-order valence-corrected chi connectivity index (χ3v) is 4.05. The van der Waals surface area contributed by atoms with Crippen molar-refractivity contribution in [2.45, 2.75) is 0 Å². The Morgan fingerprint density at radius 1 is 1.25 bits per heavy atom. The van der Waals surface area contributed by atoms with Crippen LogP contribution in [0.3, 0.4) is 0 Å². The molecule has 1 aromatic heterocycles. The van der Waals surface area contributed by atoms with Crippen LogP contribution in [0.15, 0.2) is 18.5 Å². The maximum atomic E-state index is 6.18. The van der Waals surface area contributed by atoms with Crippen molar-refractivity contribution in [3.05, 3.63) is 23.5 Å². The lowest BCUT2D eigenvalue weighted by atomic mass is 10.0. The van der Waals surface area contributed by atoms with Crippen LogP contribution >= 0.6 is 11.6 Å². The predicted octanol–water partition coefficient (Wildman–Crippen LogP) is 1.73. The zero-order valence-electron chi connectivity index (χ0n) is 9.43. The molecule has 0 bridgehead atoms. The third kappa shape index (κ3) is 1.68. The minimum atomic E-state index is 0.774. The van der Waals surface area contributed by atoms with E-state index in [-0.39, 0.29) is 0 Å². The molecule has 86 valence electrons. The second-order valence-electron chi connectivity index (χ2n) is 4.97. The van der Waals surface area contributed by atoms with Gasteiger partial charge in [0.2, 0.25) is 0 Å². The van der Waals surface area contributed by atoms with E-state index in [0.29, 0.717) is 0 Å². The zero-order valence-corrected chi connectivity index (χ0v) is 10.2. The van der Waals surface area contributed by atoms with Gasteiger partial charge in [-0.3, -0.25) is 4.98 Å². The molecule has 3 rings (SSSR count). The van der Waals surface area contributed by atoms with Crippen molar-refractivity contribution in [1.29, 1.82) is 0 Å². The van der Waals surface area contributed by atoms with Crippen molar-refractivity contribution >= 4 is 17.3 Å². The Hall–Kier alpha value is -0.800. The minimum absolute atomic E-state index is 0.774. The summed E-state index contributed by atoms with van der Waals surface area (Å²) in [5, 5.41) is 0.774. The van der Waals surface area contributed by atoms with E-state index in [1.807, 2.05) is 12.3 Å². The van der Waals surface area contributed by atoms with Crippen molar-refractivity contribution in [2.24, 2.45) is 11.8 Å². The van der Waals surface area contributed by atoms with Gasteiger partial charge in [-0.05, 0) is 24.9 Å². The summed E-state index contributed by atoms with van der Waals surface area (Å²) in [6.45, 7) is 4.73. The lowest BCUT2D eigenvalue weighted by Crippen LogP contribution is -2.26. The highest BCUT2D eigenvalue weighted by Gasteiger charge is 2.38. The van der Waals surface area contributed by atoms with E-state index in [2.05, 4.69) is 21.8 Å². The van der Waals surface area contributed by atoms with Crippen LogP contribution in [0.4, 0.5) is 5.69 Å². The van der Waals surface area contributed by atoms with Gasteiger partial charge in [-0.15, -0.1) is 0 Å². The number of pyridine rings is 1. The Kier molecular flexibility index (Phi) is 2.52. The molecule has 2 unspecified atom stereocenters. The summed E-state index contributed by atoms with van der Waals surface area (Å²) < 4.78 is 0. The van der Waals surface area contributed by atoms with E-state index in [0.717, 1.165) is 35.6 Å². The number of fused-ring (bicyclic) bond motifs is 1. The van der Waals surface area contributed by atoms with E-state index in [1.165, 1.54) is 13.1 Å². The molecule has 1 aromatic rings. The van der Waals surface area contributed by atoms with Crippen LogP contribution in [-0.2, 0) is 0 Å². The first-order valence-electron chi connectivity index (χ1n) is 5.77. The topological polar surface area (TPSA) is 19.4 Å². The fourth-order valence-corrected chi connectivity index (χ4v) is 3.29. The number of anilines is 1. The molecule has 0 spiro atoms. The molecule has 0 N–H and O–H groups in total.